The van der Waals surface area contributed by atoms with E-state index in [1.165, 1.54) is 50.8 Å². The molecule has 1 unspecified atom stereocenters. The summed E-state index contributed by atoms with van der Waals surface area (Å²) < 4.78 is 4.46. The van der Waals surface area contributed by atoms with E-state index in [9.17, 15) is 4.79 Å². The van der Waals surface area contributed by atoms with E-state index < -0.39 is 5.97 Å². The van der Waals surface area contributed by atoms with E-state index in [4.69, 9.17) is 5.11 Å². The molecule has 1 rings (SSSR count). The lowest BCUT2D eigenvalue weighted by Gasteiger charge is -2.08. The Hall–Kier alpha value is -1.32. The molecule has 4 nitrogen and oxygen atoms in total. The van der Waals surface area contributed by atoms with Gasteiger partial charge in [0.05, 0.1) is 12.5 Å². The minimum atomic E-state index is -0.720. The molecule has 0 saturated carbocycles. The van der Waals surface area contributed by atoms with Gasteiger partial charge < -0.3 is 5.11 Å². The van der Waals surface area contributed by atoms with E-state index in [1.807, 2.05) is 0 Å². The van der Waals surface area contributed by atoms with Crippen molar-refractivity contribution in [2.75, 3.05) is 0 Å². The predicted molar refractivity (Wildman–Crippen MR) is 88.8 cm³/mol. The van der Waals surface area contributed by atoms with E-state index in [0.717, 1.165) is 13.0 Å². The SMILES string of the molecule is CCCCCCCc1n(CCCC)cc[n+]1CC(C)C(=O)O. The average molecular weight is 309 g/mol. The lowest BCUT2D eigenvalue weighted by Crippen LogP contribution is -2.42. The third-order valence-electron chi connectivity index (χ3n) is 4.24. The van der Waals surface area contributed by atoms with Crippen LogP contribution in [0.1, 0.15) is 71.5 Å². The van der Waals surface area contributed by atoms with Crippen LogP contribution in [0.25, 0.3) is 0 Å². The summed E-state index contributed by atoms with van der Waals surface area (Å²) in [6.45, 7) is 7.82. The van der Waals surface area contributed by atoms with Crippen molar-refractivity contribution < 1.29 is 14.5 Å². The normalized spacial score (nSPS) is 12.5. The quantitative estimate of drug-likeness (QED) is 0.471. The molecule has 1 aromatic rings. The van der Waals surface area contributed by atoms with Crippen molar-refractivity contribution in [2.24, 2.45) is 5.92 Å². The number of carboxylic acid groups (broad SMARTS) is 1. The molecule has 1 aromatic heterocycles. The number of unbranched alkanes of at least 4 members (excludes halogenated alkanes) is 5. The number of imidazole rings is 1. The van der Waals surface area contributed by atoms with Gasteiger partial charge in [0.1, 0.15) is 18.9 Å². The molecule has 126 valence electrons. The van der Waals surface area contributed by atoms with Crippen molar-refractivity contribution >= 4 is 5.97 Å². The molecular formula is C18H33N2O2+. The molecule has 0 aliphatic heterocycles. The Balaban J connectivity index is 2.69. The molecule has 0 aliphatic carbocycles. The third-order valence-corrected chi connectivity index (χ3v) is 4.24. The molecule has 0 aliphatic rings. The number of aryl methyl sites for hydroxylation is 1. The summed E-state index contributed by atoms with van der Waals surface area (Å²) in [5, 5.41) is 9.14. The highest BCUT2D eigenvalue weighted by molar-refractivity contribution is 5.69. The molecule has 0 amide bonds. The van der Waals surface area contributed by atoms with Crippen LogP contribution in [0.5, 0.6) is 0 Å². The fourth-order valence-electron chi connectivity index (χ4n) is 2.74. The molecule has 0 aromatic carbocycles. The Bertz CT molecular complexity index is 440. The number of carboxylic acids is 1. The average Bonchev–Trinajstić information content (AvgIpc) is 2.87. The Labute approximate surface area is 135 Å². The Morgan fingerprint density at radius 2 is 1.86 bits per heavy atom. The zero-order valence-corrected chi connectivity index (χ0v) is 14.6. The fraction of sp³-hybridized carbons (Fsp3) is 0.778. The van der Waals surface area contributed by atoms with Crippen molar-refractivity contribution in [2.45, 2.75) is 85.2 Å². The molecule has 1 N–H and O–H groups in total. The first-order chi connectivity index (χ1) is 10.6. The van der Waals surface area contributed by atoms with Gasteiger partial charge in [0.25, 0.3) is 5.82 Å². The maximum Gasteiger partial charge on any atom is 0.310 e. The van der Waals surface area contributed by atoms with Crippen LogP contribution in [0.4, 0.5) is 0 Å². The summed E-state index contributed by atoms with van der Waals surface area (Å²) >= 11 is 0. The maximum atomic E-state index is 11.1. The van der Waals surface area contributed by atoms with Crippen molar-refractivity contribution in [1.82, 2.24) is 4.57 Å². The zero-order chi connectivity index (χ0) is 16.4. The summed E-state index contributed by atoms with van der Waals surface area (Å²) in [6.07, 6.45) is 13.9. The van der Waals surface area contributed by atoms with Gasteiger partial charge in [-0.1, -0.05) is 46.0 Å². The number of carbonyl (C=O) groups is 1. The van der Waals surface area contributed by atoms with E-state index in [-0.39, 0.29) is 5.92 Å². The second kappa shape index (κ2) is 10.4. The first kappa shape index (κ1) is 18.7. The van der Waals surface area contributed by atoms with Gasteiger partial charge in [-0.05, 0) is 19.8 Å². The van der Waals surface area contributed by atoms with Crippen LogP contribution >= 0.6 is 0 Å². The van der Waals surface area contributed by atoms with Crippen molar-refractivity contribution in [3.63, 3.8) is 0 Å². The number of aliphatic carboxylic acids is 1. The predicted octanol–water partition coefficient (Wildman–Crippen LogP) is 3.81. The molecule has 0 saturated heterocycles. The highest BCUT2D eigenvalue weighted by Crippen LogP contribution is 2.09. The van der Waals surface area contributed by atoms with Crippen molar-refractivity contribution in [3.8, 4) is 0 Å². The summed E-state index contributed by atoms with van der Waals surface area (Å²) in [5.41, 5.74) is 0. The van der Waals surface area contributed by atoms with Crippen molar-refractivity contribution in [1.29, 1.82) is 0 Å². The standard InChI is InChI=1S/C18H32N2O2/c1-4-6-8-9-10-11-17-19(12-7-5-2)13-14-20(17)15-16(3)18(21)22/h13-14,16H,4-12,15H2,1-3H3/p+1. The molecule has 0 spiro atoms. The first-order valence-corrected chi connectivity index (χ1v) is 8.90. The van der Waals surface area contributed by atoms with E-state index in [2.05, 4.69) is 35.4 Å². The van der Waals surface area contributed by atoms with Gasteiger partial charge in [-0.15, -0.1) is 0 Å². The van der Waals surface area contributed by atoms with Crippen LogP contribution in [0, 0.1) is 5.92 Å². The Kier molecular flexibility index (Phi) is 8.86. The molecule has 0 fully saturated rings. The zero-order valence-electron chi connectivity index (χ0n) is 14.6. The lowest BCUT2D eigenvalue weighted by atomic mass is 10.1. The lowest BCUT2D eigenvalue weighted by molar-refractivity contribution is -0.707. The van der Waals surface area contributed by atoms with Gasteiger partial charge in [0.15, 0.2) is 0 Å². The largest absolute Gasteiger partial charge is 0.481 e. The molecule has 0 bridgehead atoms. The van der Waals surface area contributed by atoms with E-state index in [1.54, 1.807) is 6.92 Å². The van der Waals surface area contributed by atoms with Crippen LogP contribution in [0.3, 0.4) is 0 Å². The topological polar surface area (TPSA) is 46.1 Å². The second-order valence-corrected chi connectivity index (χ2v) is 6.32. The van der Waals surface area contributed by atoms with Gasteiger partial charge in [-0.2, -0.15) is 0 Å². The molecular weight excluding hydrogens is 276 g/mol. The fourth-order valence-corrected chi connectivity index (χ4v) is 2.74. The molecule has 22 heavy (non-hydrogen) atoms. The molecule has 0 radical (unpaired) electrons. The Morgan fingerprint density at radius 3 is 2.50 bits per heavy atom. The number of hydrogen-bond donors (Lipinski definition) is 1. The minimum absolute atomic E-state index is 0.342. The number of aromatic nitrogens is 2. The van der Waals surface area contributed by atoms with Gasteiger partial charge >= 0.3 is 5.97 Å². The number of nitrogens with zero attached hydrogens (tertiary/aromatic N) is 2. The summed E-state index contributed by atoms with van der Waals surface area (Å²) in [4.78, 5) is 11.1. The minimum Gasteiger partial charge on any atom is -0.481 e. The smallest absolute Gasteiger partial charge is 0.310 e. The summed E-state index contributed by atoms with van der Waals surface area (Å²) in [5.74, 6) is 0.228. The van der Waals surface area contributed by atoms with Crippen LogP contribution in [0.15, 0.2) is 12.4 Å². The first-order valence-electron chi connectivity index (χ1n) is 8.90. The monoisotopic (exact) mass is 309 g/mol. The van der Waals surface area contributed by atoms with Crippen molar-refractivity contribution in [3.05, 3.63) is 18.2 Å². The Morgan fingerprint density at radius 1 is 1.18 bits per heavy atom. The van der Waals surface area contributed by atoms with Crippen LogP contribution < -0.4 is 4.57 Å². The summed E-state index contributed by atoms with van der Waals surface area (Å²) in [7, 11) is 0. The van der Waals surface area contributed by atoms with Crippen LogP contribution in [-0.2, 0) is 24.3 Å². The van der Waals surface area contributed by atoms with Crippen LogP contribution in [-0.4, -0.2) is 15.6 Å². The molecule has 4 heteroatoms. The van der Waals surface area contributed by atoms with Gasteiger partial charge in [0.2, 0.25) is 0 Å². The molecule has 1 heterocycles. The highest BCUT2D eigenvalue weighted by atomic mass is 16.4. The maximum absolute atomic E-state index is 11.1. The van der Waals surface area contributed by atoms with Gasteiger partial charge in [0, 0.05) is 6.42 Å². The molecule has 1 atom stereocenters. The number of hydrogen-bond acceptors (Lipinski definition) is 1. The van der Waals surface area contributed by atoms with Crippen LogP contribution in [0.2, 0.25) is 0 Å². The van der Waals surface area contributed by atoms with Gasteiger partial charge in [-0.25, -0.2) is 9.13 Å². The second-order valence-electron chi connectivity index (χ2n) is 6.32. The third kappa shape index (κ3) is 6.20. The highest BCUT2D eigenvalue weighted by Gasteiger charge is 2.21. The van der Waals surface area contributed by atoms with E-state index in [0.29, 0.717) is 6.54 Å². The van der Waals surface area contributed by atoms with E-state index >= 15 is 0 Å². The number of rotatable bonds is 12. The summed E-state index contributed by atoms with van der Waals surface area (Å²) in [6, 6.07) is 0. The van der Waals surface area contributed by atoms with Gasteiger partial charge in [-0.3, -0.25) is 4.79 Å².